The fourth-order valence-corrected chi connectivity index (χ4v) is 2.52. The van der Waals surface area contributed by atoms with Crippen LogP contribution < -0.4 is 0 Å². The normalized spacial score (nSPS) is 14.2. The van der Waals surface area contributed by atoms with Gasteiger partial charge in [-0.15, -0.1) is 11.3 Å². The topological polar surface area (TPSA) is 20.2 Å². The van der Waals surface area contributed by atoms with E-state index in [2.05, 4.69) is 26.8 Å². The molecule has 1 unspecified atom stereocenters. The minimum Gasteiger partial charge on any atom is -0.393 e. The third-order valence-corrected chi connectivity index (χ3v) is 3.82. The van der Waals surface area contributed by atoms with E-state index in [0.717, 1.165) is 23.6 Å². The summed E-state index contributed by atoms with van der Waals surface area (Å²) in [6.07, 6.45) is 2.69. The summed E-state index contributed by atoms with van der Waals surface area (Å²) < 4.78 is 0.848. The third kappa shape index (κ3) is 4.54. The highest BCUT2D eigenvalue weighted by atomic mass is 35.5. The minimum absolute atomic E-state index is 0.00685. The average Bonchev–Trinajstić information content (AvgIpc) is 2.49. The van der Waals surface area contributed by atoms with Crippen molar-refractivity contribution in [2.75, 3.05) is 0 Å². The molecule has 1 aromatic heterocycles. The zero-order valence-corrected chi connectivity index (χ0v) is 11.2. The predicted octanol–water partition coefficient (Wildman–Crippen LogP) is 4.13. The number of aryl methyl sites for hydroxylation is 1. The third-order valence-electron chi connectivity index (χ3n) is 2.53. The summed E-state index contributed by atoms with van der Waals surface area (Å²) in [4.78, 5) is 1.31. The van der Waals surface area contributed by atoms with Crippen molar-refractivity contribution in [2.45, 2.75) is 46.1 Å². The zero-order chi connectivity index (χ0) is 11.5. The number of halogens is 1. The molecular formula is C12H19ClOS. The molecule has 0 fully saturated rings. The van der Waals surface area contributed by atoms with Gasteiger partial charge < -0.3 is 5.11 Å². The number of thiophene rings is 1. The van der Waals surface area contributed by atoms with Gasteiger partial charge in [-0.2, -0.15) is 0 Å². The van der Waals surface area contributed by atoms with Crippen LogP contribution in [0.5, 0.6) is 0 Å². The van der Waals surface area contributed by atoms with Crippen molar-refractivity contribution < 1.29 is 5.11 Å². The molecule has 3 heteroatoms. The Morgan fingerprint density at radius 3 is 2.53 bits per heavy atom. The van der Waals surface area contributed by atoms with E-state index in [1.54, 1.807) is 11.3 Å². The first kappa shape index (κ1) is 13.0. The van der Waals surface area contributed by atoms with Gasteiger partial charge in [-0.25, -0.2) is 0 Å². The van der Waals surface area contributed by atoms with Crippen LogP contribution in [0.2, 0.25) is 4.34 Å². The summed E-state index contributed by atoms with van der Waals surface area (Å²) in [7, 11) is 0. The van der Waals surface area contributed by atoms with Crippen LogP contribution in [0.3, 0.4) is 0 Å². The summed E-state index contributed by atoms with van der Waals surface area (Å²) >= 11 is 7.47. The van der Waals surface area contributed by atoms with E-state index in [9.17, 15) is 5.11 Å². The van der Waals surface area contributed by atoms with Crippen molar-refractivity contribution in [3.05, 3.63) is 21.3 Å². The Labute approximate surface area is 101 Å². The van der Waals surface area contributed by atoms with E-state index in [1.807, 2.05) is 6.07 Å². The standard InChI is InChI=1S/C12H19ClOS/c1-12(2,3)10(14)6-4-5-9-7-8-11(13)15-9/h7-8,10,14H,4-6H2,1-3H3. The van der Waals surface area contributed by atoms with Gasteiger partial charge in [0.25, 0.3) is 0 Å². The highest BCUT2D eigenvalue weighted by Gasteiger charge is 2.21. The summed E-state index contributed by atoms with van der Waals surface area (Å²) in [5.74, 6) is 0. The van der Waals surface area contributed by atoms with E-state index >= 15 is 0 Å². The van der Waals surface area contributed by atoms with E-state index in [1.165, 1.54) is 4.88 Å². The van der Waals surface area contributed by atoms with E-state index < -0.39 is 0 Å². The maximum absolute atomic E-state index is 9.85. The first-order valence-corrected chi connectivity index (χ1v) is 6.51. The van der Waals surface area contributed by atoms with Gasteiger partial charge in [0.2, 0.25) is 0 Å². The Hall–Kier alpha value is -0.0500. The van der Waals surface area contributed by atoms with Crippen molar-refractivity contribution >= 4 is 22.9 Å². The van der Waals surface area contributed by atoms with Gasteiger partial charge in [-0.05, 0) is 36.8 Å². The molecule has 1 atom stereocenters. The maximum atomic E-state index is 9.85. The Morgan fingerprint density at radius 1 is 1.40 bits per heavy atom. The van der Waals surface area contributed by atoms with Crippen molar-refractivity contribution in [1.29, 1.82) is 0 Å². The molecule has 0 spiro atoms. The van der Waals surface area contributed by atoms with E-state index in [0.29, 0.717) is 0 Å². The van der Waals surface area contributed by atoms with Gasteiger partial charge in [-0.1, -0.05) is 32.4 Å². The monoisotopic (exact) mass is 246 g/mol. The average molecular weight is 247 g/mol. The van der Waals surface area contributed by atoms with Gasteiger partial charge in [0.1, 0.15) is 0 Å². The van der Waals surface area contributed by atoms with E-state index in [-0.39, 0.29) is 11.5 Å². The molecule has 1 heterocycles. The lowest BCUT2D eigenvalue weighted by Gasteiger charge is -2.25. The molecule has 0 aliphatic rings. The second-order valence-corrected chi connectivity index (χ2v) is 6.78. The molecule has 1 nitrogen and oxygen atoms in total. The molecule has 86 valence electrons. The van der Waals surface area contributed by atoms with Crippen LogP contribution in [0, 0.1) is 5.41 Å². The zero-order valence-electron chi connectivity index (χ0n) is 9.59. The van der Waals surface area contributed by atoms with Crippen LogP contribution in [-0.4, -0.2) is 11.2 Å². The minimum atomic E-state index is -0.215. The molecule has 15 heavy (non-hydrogen) atoms. The predicted molar refractivity (Wildman–Crippen MR) is 67.7 cm³/mol. The van der Waals surface area contributed by atoms with Crippen molar-refractivity contribution in [2.24, 2.45) is 5.41 Å². The fraction of sp³-hybridized carbons (Fsp3) is 0.667. The van der Waals surface area contributed by atoms with E-state index in [4.69, 9.17) is 11.6 Å². The van der Waals surface area contributed by atoms with Crippen molar-refractivity contribution in [3.8, 4) is 0 Å². The summed E-state index contributed by atoms with van der Waals surface area (Å²) in [5.41, 5.74) is -0.00685. The largest absolute Gasteiger partial charge is 0.393 e. The van der Waals surface area contributed by atoms with Crippen LogP contribution >= 0.6 is 22.9 Å². The number of aliphatic hydroxyl groups is 1. The molecule has 0 saturated heterocycles. The molecule has 0 bridgehead atoms. The molecule has 1 aromatic rings. The quantitative estimate of drug-likeness (QED) is 0.847. The van der Waals surface area contributed by atoms with Gasteiger partial charge in [0.05, 0.1) is 10.4 Å². The van der Waals surface area contributed by atoms with Crippen LogP contribution in [0.15, 0.2) is 12.1 Å². The molecule has 0 aliphatic carbocycles. The second-order valence-electron chi connectivity index (χ2n) is 4.98. The van der Waals surface area contributed by atoms with Gasteiger partial charge in [-0.3, -0.25) is 0 Å². The molecule has 1 N–H and O–H groups in total. The Balaban J connectivity index is 2.28. The van der Waals surface area contributed by atoms with Crippen molar-refractivity contribution in [1.82, 2.24) is 0 Å². The number of aliphatic hydroxyl groups excluding tert-OH is 1. The Morgan fingerprint density at radius 2 is 2.07 bits per heavy atom. The molecular weight excluding hydrogens is 228 g/mol. The lowest BCUT2D eigenvalue weighted by molar-refractivity contribution is 0.0541. The summed E-state index contributed by atoms with van der Waals surface area (Å²) in [5, 5.41) is 9.85. The molecule has 0 aromatic carbocycles. The number of hydrogen-bond donors (Lipinski definition) is 1. The molecule has 0 amide bonds. The fourth-order valence-electron chi connectivity index (χ4n) is 1.39. The molecule has 0 aliphatic heterocycles. The Bertz CT molecular complexity index is 301. The molecule has 0 radical (unpaired) electrons. The highest BCUT2D eigenvalue weighted by molar-refractivity contribution is 7.16. The van der Waals surface area contributed by atoms with Crippen LogP contribution in [0.4, 0.5) is 0 Å². The molecule has 1 rings (SSSR count). The molecule has 0 saturated carbocycles. The lowest BCUT2D eigenvalue weighted by atomic mass is 9.86. The maximum Gasteiger partial charge on any atom is 0.0931 e. The highest BCUT2D eigenvalue weighted by Crippen LogP contribution is 2.26. The first-order valence-electron chi connectivity index (χ1n) is 5.32. The van der Waals surface area contributed by atoms with Crippen LogP contribution in [-0.2, 0) is 6.42 Å². The smallest absolute Gasteiger partial charge is 0.0931 e. The summed E-state index contributed by atoms with van der Waals surface area (Å²) in [6, 6.07) is 4.00. The first-order chi connectivity index (χ1) is 6.89. The number of rotatable bonds is 4. The van der Waals surface area contributed by atoms with Crippen LogP contribution in [0.25, 0.3) is 0 Å². The van der Waals surface area contributed by atoms with Crippen LogP contribution in [0.1, 0.15) is 38.5 Å². The summed E-state index contributed by atoms with van der Waals surface area (Å²) in [6.45, 7) is 6.21. The van der Waals surface area contributed by atoms with Gasteiger partial charge in [0.15, 0.2) is 0 Å². The Kier molecular flexibility index (Phi) is 4.63. The second kappa shape index (κ2) is 5.33. The van der Waals surface area contributed by atoms with Gasteiger partial charge >= 0.3 is 0 Å². The van der Waals surface area contributed by atoms with Crippen molar-refractivity contribution in [3.63, 3.8) is 0 Å². The lowest BCUT2D eigenvalue weighted by Crippen LogP contribution is -2.25. The van der Waals surface area contributed by atoms with Gasteiger partial charge in [0, 0.05) is 4.88 Å². The number of hydrogen-bond acceptors (Lipinski definition) is 2. The SMILES string of the molecule is CC(C)(C)C(O)CCCc1ccc(Cl)s1.